The number of benzene rings is 2. The molecule has 3 aromatic rings. The molecule has 5 heteroatoms. The van der Waals surface area contributed by atoms with Gasteiger partial charge in [0.15, 0.2) is 0 Å². The van der Waals surface area contributed by atoms with Crippen molar-refractivity contribution in [1.29, 1.82) is 0 Å². The van der Waals surface area contributed by atoms with Crippen molar-refractivity contribution in [2.24, 2.45) is 0 Å². The molecule has 0 saturated carbocycles. The summed E-state index contributed by atoms with van der Waals surface area (Å²) in [6, 6.07) is 18.1. The first-order valence-electron chi connectivity index (χ1n) is 9.14. The molecular weight excluding hydrogens is 350 g/mol. The van der Waals surface area contributed by atoms with Gasteiger partial charge in [-0.05, 0) is 68.3 Å². The number of anilines is 1. The van der Waals surface area contributed by atoms with E-state index < -0.39 is 0 Å². The predicted octanol–water partition coefficient (Wildman–Crippen LogP) is 4.44. The van der Waals surface area contributed by atoms with Crippen molar-refractivity contribution >= 4 is 17.5 Å². The minimum atomic E-state index is -0.290. The summed E-state index contributed by atoms with van der Waals surface area (Å²) in [5, 5.41) is 5.80. The fraction of sp³-hybridized carbons (Fsp3) is 0.174. The molecule has 0 spiro atoms. The largest absolute Gasteiger partial charge is 0.346 e. The standard InChI is InChI=1S/C23H23N3O2/c1-15-7-8-16(2)20(14-15)17(3)25-22(27)18-9-11-19(12-10-18)26-23(28)21-6-4-5-13-24-21/h4-14,17H,1-3H3,(H,25,27)(H,26,28)/t17-/m0/s1. The molecule has 28 heavy (non-hydrogen) atoms. The van der Waals surface area contributed by atoms with Gasteiger partial charge in [-0.25, -0.2) is 0 Å². The third-order valence-electron chi connectivity index (χ3n) is 4.55. The third-order valence-corrected chi connectivity index (χ3v) is 4.55. The Labute approximate surface area is 164 Å². The molecule has 0 aliphatic carbocycles. The van der Waals surface area contributed by atoms with E-state index in [1.807, 2.05) is 20.8 Å². The van der Waals surface area contributed by atoms with Crippen LogP contribution in [0.25, 0.3) is 0 Å². The number of pyridine rings is 1. The number of nitrogens with one attached hydrogen (secondary N) is 2. The molecule has 142 valence electrons. The van der Waals surface area contributed by atoms with Crippen LogP contribution in [0.2, 0.25) is 0 Å². The number of carbonyl (C=O) groups excluding carboxylic acids is 2. The first kappa shape index (κ1) is 19.3. The van der Waals surface area contributed by atoms with E-state index in [-0.39, 0.29) is 17.9 Å². The molecule has 1 heterocycles. The SMILES string of the molecule is Cc1ccc(C)c([C@H](C)NC(=O)c2ccc(NC(=O)c3ccccn3)cc2)c1. The zero-order chi connectivity index (χ0) is 20.1. The molecule has 5 nitrogen and oxygen atoms in total. The maximum absolute atomic E-state index is 12.6. The lowest BCUT2D eigenvalue weighted by Gasteiger charge is -2.17. The van der Waals surface area contributed by atoms with Crippen molar-refractivity contribution in [3.8, 4) is 0 Å². The maximum atomic E-state index is 12.6. The van der Waals surface area contributed by atoms with Crippen LogP contribution in [-0.4, -0.2) is 16.8 Å². The van der Waals surface area contributed by atoms with Gasteiger partial charge in [0.25, 0.3) is 11.8 Å². The van der Waals surface area contributed by atoms with Gasteiger partial charge < -0.3 is 10.6 Å². The fourth-order valence-corrected chi connectivity index (χ4v) is 2.98. The van der Waals surface area contributed by atoms with Gasteiger partial charge in [-0.1, -0.05) is 29.8 Å². The van der Waals surface area contributed by atoms with E-state index >= 15 is 0 Å². The molecule has 0 bridgehead atoms. The number of rotatable bonds is 5. The van der Waals surface area contributed by atoms with Crippen LogP contribution >= 0.6 is 0 Å². The Kier molecular flexibility index (Phi) is 5.84. The van der Waals surface area contributed by atoms with E-state index in [0.717, 1.165) is 16.7 Å². The number of carbonyl (C=O) groups is 2. The molecule has 0 aliphatic rings. The summed E-state index contributed by atoms with van der Waals surface area (Å²) in [6.45, 7) is 6.05. The lowest BCUT2D eigenvalue weighted by Crippen LogP contribution is -2.27. The minimum absolute atomic E-state index is 0.101. The second kappa shape index (κ2) is 8.48. The smallest absolute Gasteiger partial charge is 0.274 e. The van der Waals surface area contributed by atoms with Gasteiger partial charge in [-0.2, -0.15) is 0 Å². The summed E-state index contributed by atoms with van der Waals surface area (Å²) >= 11 is 0. The highest BCUT2D eigenvalue weighted by atomic mass is 16.2. The molecule has 0 radical (unpaired) electrons. The number of hydrogen-bond donors (Lipinski definition) is 2. The van der Waals surface area contributed by atoms with E-state index in [4.69, 9.17) is 0 Å². The molecule has 3 rings (SSSR count). The number of nitrogens with zero attached hydrogens (tertiary/aromatic N) is 1. The van der Waals surface area contributed by atoms with Gasteiger partial charge in [0.2, 0.25) is 0 Å². The number of aryl methyl sites for hydroxylation is 2. The van der Waals surface area contributed by atoms with E-state index in [1.165, 1.54) is 0 Å². The van der Waals surface area contributed by atoms with Crippen molar-refractivity contribution in [2.75, 3.05) is 5.32 Å². The Hall–Kier alpha value is -3.47. The van der Waals surface area contributed by atoms with Crippen LogP contribution < -0.4 is 10.6 Å². The third kappa shape index (κ3) is 4.62. The van der Waals surface area contributed by atoms with Crippen LogP contribution in [0, 0.1) is 13.8 Å². The van der Waals surface area contributed by atoms with E-state index in [9.17, 15) is 9.59 Å². The Morgan fingerprint density at radius 3 is 2.36 bits per heavy atom. The van der Waals surface area contributed by atoms with Crippen molar-refractivity contribution in [3.63, 3.8) is 0 Å². The topological polar surface area (TPSA) is 71.1 Å². The highest BCUT2D eigenvalue weighted by molar-refractivity contribution is 6.03. The van der Waals surface area contributed by atoms with E-state index in [0.29, 0.717) is 16.9 Å². The van der Waals surface area contributed by atoms with Gasteiger partial charge in [0.1, 0.15) is 5.69 Å². The Bertz CT molecular complexity index is 982. The molecule has 0 unspecified atom stereocenters. The lowest BCUT2D eigenvalue weighted by molar-refractivity contribution is 0.0939. The molecule has 0 fully saturated rings. The minimum Gasteiger partial charge on any atom is -0.346 e. The monoisotopic (exact) mass is 373 g/mol. The summed E-state index contributed by atoms with van der Waals surface area (Å²) in [6.07, 6.45) is 1.57. The van der Waals surface area contributed by atoms with Gasteiger partial charge in [0, 0.05) is 17.4 Å². The van der Waals surface area contributed by atoms with E-state index in [1.54, 1.807) is 48.7 Å². The summed E-state index contributed by atoms with van der Waals surface area (Å²) in [5.41, 5.74) is 4.89. The Morgan fingerprint density at radius 1 is 0.929 bits per heavy atom. The predicted molar refractivity (Wildman–Crippen MR) is 110 cm³/mol. The Balaban J connectivity index is 1.65. The van der Waals surface area contributed by atoms with Crippen LogP contribution in [0.1, 0.15) is 50.5 Å². The highest BCUT2D eigenvalue weighted by Crippen LogP contribution is 2.20. The van der Waals surface area contributed by atoms with Crippen molar-refractivity contribution in [2.45, 2.75) is 26.8 Å². The van der Waals surface area contributed by atoms with Crippen LogP contribution in [0.5, 0.6) is 0 Å². The normalized spacial score (nSPS) is 11.5. The summed E-state index contributed by atoms with van der Waals surface area (Å²) < 4.78 is 0. The van der Waals surface area contributed by atoms with Gasteiger partial charge in [-0.15, -0.1) is 0 Å². The highest BCUT2D eigenvalue weighted by Gasteiger charge is 2.14. The molecule has 1 aromatic heterocycles. The lowest BCUT2D eigenvalue weighted by atomic mass is 9.99. The van der Waals surface area contributed by atoms with Crippen LogP contribution in [0.4, 0.5) is 5.69 Å². The number of hydrogen-bond acceptors (Lipinski definition) is 3. The molecule has 1 atom stereocenters. The number of aromatic nitrogens is 1. The summed E-state index contributed by atoms with van der Waals surface area (Å²) in [7, 11) is 0. The van der Waals surface area contributed by atoms with Gasteiger partial charge in [-0.3, -0.25) is 14.6 Å². The maximum Gasteiger partial charge on any atom is 0.274 e. The molecule has 0 saturated heterocycles. The van der Waals surface area contributed by atoms with Crippen molar-refractivity contribution in [1.82, 2.24) is 10.3 Å². The zero-order valence-electron chi connectivity index (χ0n) is 16.2. The van der Waals surface area contributed by atoms with Gasteiger partial charge >= 0.3 is 0 Å². The second-order valence-electron chi connectivity index (χ2n) is 6.80. The van der Waals surface area contributed by atoms with Crippen molar-refractivity contribution < 1.29 is 9.59 Å². The van der Waals surface area contributed by atoms with Crippen LogP contribution in [-0.2, 0) is 0 Å². The number of amides is 2. The average Bonchev–Trinajstić information content (AvgIpc) is 2.70. The fourth-order valence-electron chi connectivity index (χ4n) is 2.98. The van der Waals surface area contributed by atoms with Crippen LogP contribution in [0.15, 0.2) is 66.9 Å². The molecular formula is C23H23N3O2. The van der Waals surface area contributed by atoms with Crippen LogP contribution in [0.3, 0.4) is 0 Å². The molecule has 0 aliphatic heterocycles. The average molecular weight is 373 g/mol. The Morgan fingerprint density at radius 2 is 1.68 bits per heavy atom. The van der Waals surface area contributed by atoms with Crippen molar-refractivity contribution in [3.05, 3.63) is 94.8 Å². The van der Waals surface area contributed by atoms with Gasteiger partial charge in [0.05, 0.1) is 6.04 Å². The zero-order valence-corrected chi connectivity index (χ0v) is 16.2. The second-order valence-corrected chi connectivity index (χ2v) is 6.80. The first-order chi connectivity index (χ1) is 13.4. The summed E-state index contributed by atoms with van der Waals surface area (Å²) in [4.78, 5) is 28.7. The quantitative estimate of drug-likeness (QED) is 0.694. The molecule has 2 amide bonds. The molecule has 2 N–H and O–H groups in total. The van der Waals surface area contributed by atoms with E-state index in [2.05, 4.69) is 33.8 Å². The first-order valence-corrected chi connectivity index (χ1v) is 9.14. The summed E-state index contributed by atoms with van der Waals surface area (Å²) in [5.74, 6) is -0.447. The molecule has 2 aromatic carbocycles.